The average Bonchev–Trinajstić information content (AvgIpc) is 2.76. The molecule has 4 aliphatic rings. The molecule has 0 spiro atoms. The second-order valence-electron chi connectivity index (χ2n) is 8.60. The zero-order valence-electron chi connectivity index (χ0n) is 13.3. The van der Waals surface area contributed by atoms with Gasteiger partial charge < -0.3 is 5.11 Å². The Morgan fingerprint density at radius 1 is 1.14 bits per heavy atom. The van der Waals surface area contributed by atoms with E-state index in [1.54, 1.807) is 0 Å². The van der Waals surface area contributed by atoms with Crippen LogP contribution in [0.4, 0.5) is 0 Å². The molecule has 3 fully saturated rings. The first kappa shape index (κ1) is 14.0. The minimum atomic E-state index is -0.235. The Kier molecular flexibility index (Phi) is 2.96. The minimum Gasteiger partial charge on any atom is -0.389 e. The van der Waals surface area contributed by atoms with Crippen LogP contribution in [0, 0.1) is 34.5 Å². The average molecular weight is 288 g/mol. The summed E-state index contributed by atoms with van der Waals surface area (Å²) in [7, 11) is 0. The van der Waals surface area contributed by atoms with E-state index in [4.69, 9.17) is 0 Å². The highest BCUT2D eigenvalue weighted by Crippen LogP contribution is 2.64. The first-order valence-electron chi connectivity index (χ1n) is 8.86. The molecule has 0 saturated heterocycles. The maximum Gasteiger partial charge on any atom is 0.139 e. The summed E-state index contributed by atoms with van der Waals surface area (Å²) in [5.74, 6) is 3.26. The van der Waals surface area contributed by atoms with Gasteiger partial charge in [0.25, 0.3) is 0 Å². The Bertz CT molecular complexity index is 496. The van der Waals surface area contributed by atoms with Crippen LogP contribution in [0.2, 0.25) is 0 Å². The number of aliphatic hydroxyl groups is 1. The summed E-state index contributed by atoms with van der Waals surface area (Å²) in [6.07, 6.45) is 11.8. The quantitative estimate of drug-likeness (QED) is 0.690. The van der Waals surface area contributed by atoms with E-state index in [0.717, 1.165) is 37.5 Å². The SMILES string of the molecule is C[C@]12C=C[C@@H](O)C[C@@H]1CC[C@@H]1[C@@H]2CC[C@]2(C)C(=O)CC[C@@H]12. The molecule has 116 valence electrons. The van der Waals surface area contributed by atoms with Crippen LogP contribution in [0.25, 0.3) is 0 Å². The molecule has 3 saturated carbocycles. The van der Waals surface area contributed by atoms with E-state index in [-0.39, 0.29) is 16.9 Å². The summed E-state index contributed by atoms with van der Waals surface area (Å²) in [6, 6.07) is 0. The lowest BCUT2D eigenvalue weighted by Gasteiger charge is -2.58. The Hall–Kier alpha value is -0.630. The molecule has 0 heterocycles. The molecule has 0 amide bonds. The molecule has 21 heavy (non-hydrogen) atoms. The first-order chi connectivity index (χ1) is 9.95. The highest BCUT2D eigenvalue weighted by Gasteiger charge is 2.59. The number of rotatable bonds is 0. The number of ketones is 1. The molecule has 0 radical (unpaired) electrons. The van der Waals surface area contributed by atoms with Gasteiger partial charge in [0.05, 0.1) is 6.10 Å². The van der Waals surface area contributed by atoms with E-state index < -0.39 is 0 Å². The van der Waals surface area contributed by atoms with Crippen molar-refractivity contribution in [2.24, 2.45) is 34.5 Å². The third-order valence-corrected chi connectivity index (χ3v) is 7.88. The van der Waals surface area contributed by atoms with Crippen LogP contribution in [-0.4, -0.2) is 17.0 Å². The highest BCUT2D eigenvalue weighted by atomic mass is 16.3. The number of hydrogen-bond donors (Lipinski definition) is 1. The van der Waals surface area contributed by atoms with Crippen LogP contribution < -0.4 is 0 Å². The molecule has 0 aromatic heterocycles. The summed E-state index contributed by atoms with van der Waals surface area (Å²) in [4.78, 5) is 12.4. The van der Waals surface area contributed by atoms with Crippen LogP contribution >= 0.6 is 0 Å². The summed E-state index contributed by atoms with van der Waals surface area (Å²) in [6.45, 7) is 4.68. The van der Waals surface area contributed by atoms with Crippen LogP contribution in [0.5, 0.6) is 0 Å². The smallest absolute Gasteiger partial charge is 0.139 e. The van der Waals surface area contributed by atoms with Gasteiger partial charge in [-0.15, -0.1) is 0 Å². The molecule has 0 bridgehead atoms. The third-order valence-electron chi connectivity index (χ3n) is 7.88. The van der Waals surface area contributed by atoms with Crippen LogP contribution in [0.3, 0.4) is 0 Å². The van der Waals surface area contributed by atoms with Gasteiger partial charge in [0.15, 0.2) is 0 Å². The molecule has 7 atom stereocenters. The molecule has 2 heteroatoms. The standard InChI is InChI=1S/C19H28O2/c1-18-9-7-13(20)11-12(18)3-4-14-15-5-6-17(21)19(15,2)10-8-16(14)18/h7,9,12-16,20H,3-6,8,10-11H2,1-2H3/t12-,13+,14-,15-,16-,18-,19-/m0/s1. The molecular formula is C19H28O2. The van der Waals surface area contributed by atoms with E-state index in [9.17, 15) is 9.90 Å². The summed E-state index contributed by atoms with van der Waals surface area (Å²) in [5, 5.41) is 9.95. The fourth-order valence-electron chi connectivity index (χ4n) is 6.56. The largest absolute Gasteiger partial charge is 0.389 e. The molecule has 4 rings (SSSR count). The molecular weight excluding hydrogens is 260 g/mol. The van der Waals surface area contributed by atoms with Gasteiger partial charge in [-0.1, -0.05) is 26.0 Å². The van der Waals surface area contributed by atoms with E-state index in [1.807, 2.05) is 6.08 Å². The number of carbonyl (C=O) groups excluding carboxylic acids is 1. The summed E-state index contributed by atoms with van der Waals surface area (Å²) in [5.41, 5.74) is 0.247. The molecule has 0 aromatic carbocycles. The molecule has 0 aliphatic heterocycles. The Morgan fingerprint density at radius 2 is 1.95 bits per heavy atom. The van der Waals surface area contributed by atoms with E-state index in [0.29, 0.717) is 17.6 Å². The van der Waals surface area contributed by atoms with Gasteiger partial charge in [-0.25, -0.2) is 0 Å². The normalized spacial score (nSPS) is 55.8. The lowest BCUT2D eigenvalue weighted by Crippen LogP contribution is -2.52. The van der Waals surface area contributed by atoms with E-state index >= 15 is 0 Å². The maximum atomic E-state index is 12.4. The van der Waals surface area contributed by atoms with Crippen molar-refractivity contribution in [2.75, 3.05) is 0 Å². The van der Waals surface area contributed by atoms with Crippen molar-refractivity contribution in [1.29, 1.82) is 0 Å². The van der Waals surface area contributed by atoms with Crippen molar-refractivity contribution in [3.05, 3.63) is 12.2 Å². The molecule has 2 nitrogen and oxygen atoms in total. The van der Waals surface area contributed by atoms with Gasteiger partial charge in [0, 0.05) is 11.8 Å². The van der Waals surface area contributed by atoms with Crippen LogP contribution in [0.1, 0.15) is 58.8 Å². The zero-order valence-corrected chi connectivity index (χ0v) is 13.3. The Labute approximate surface area is 128 Å². The van der Waals surface area contributed by atoms with Gasteiger partial charge in [-0.2, -0.15) is 0 Å². The second-order valence-corrected chi connectivity index (χ2v) is 8.60. The summed E-state index contributed by atoms with van der Waals surface area (Å²) < 4.78 is 0. The predicted octanol–water partition coefficient (Wildman–Crippen LogP) is 3.74. The van der Waals surface area contributed by atoms with E-state index in [2.05, 4.69) is 19.9 Å². The van der Waals surface area contributed by atoms with Crippen LogP contribution in [-0.2, 0) is 4.79 Å². The summed E-state index contributed by atoms with van der Waals surface area (Å²) >= 11 is 0. The lowest BCUT2D eigenvalue weighted by molar-refractivity contribution is -0.134. The zero-order chi connectivity index (χ0) is 14.8. The molecule has 1 N–H and O–H groups in total. The Morgan fingerprint density at radius 3 is 2.76 bits per heavy atom. The highest BCUT2D eigenvalue weighted by molar-refractivity contribution is 5.87. The topological polar surface area (TPSA) is 37.3 Å². The van der Waals surface area contributed by atoms with Crippen molar-refractivity contribution in [2.45, 2.75) is 64.9 Å². The monoisotopic (exact) mass is 288 g/mol. The number of Topliss-reactive ketones (excluding diaryl/α,β-unsaturated/α-hetero) is 1. The molecule has 4 aliphatic carbocycles. The van der Waals surface area contributed by atoms with Gasteiger partial charge in [-0.05, 0) is 67.6 Å². The van der Waals surface area contributed by atoms with Gasteiger partial charge >= 0.3 is 0 Å². The number of hydrogen-bond acceptors (Lipinski definition) is 2. The van der Waals surface area contributed by atoms with Gasteiger partial charge in [-0.3, -0.25) is 4.79 Å². The predicted molar refractivity (Wildman–Crippen MR) is 82.6 cm³/mol. The van der Waals surface area contributed by atoms with Crippen molar-refractivity contribution in [1.82, 2.24) is 0 Å². The van der Waals surface area contributed by atoms with Crippen molar-refractivity contribution < 1.29 is 9.90 Å². The molecule has 0 aromatic rings. The van der Waals surface area contributed by atoms with Gasteiger partial charge in [0.1, 0.15) is 5.78 Å². The Balaban J connectivity index is 1.68. The molecule has 0 unspecified atom stereocenters. The van der Waals surface area contributed by atoms with Crippen LogP contribution in [0.15, 0.2) is 12.2 Å². The van der Waals surface area contributed by atoms with Crippen molar-refractivity contribution >= 4 is 5.78 Å². The lowest BCUT2D eigenvalue weighted by atomic mass is 9.46. The first-order valence-corrected chi connectivity index (χ1v) is 8.86. The maximum absolute atomic E-state index is 12.4. The van der Waals surface area contributed by atoms with Crippen molar-refractivity contribution in [3.63, 3.8) is 0 Å². The minimum absolute atomic E-state index is 0.0116. The fraction of sp³-hybridized carbons (Fsp3) is 0.842. The third kappa shape index (κ3) is 1.78. The number of carbonyl (C=O) groups is 1. The van der Waals surface area contributed by atoms with Crippen molar-refractivity contribution in [3.8, 4) is 0 Å². The fourth-order valence-corrected chi connectivity index (χ4v) is 6.56. The number of fused-ring (bicyclic) bond motifs is 5. The second kappa shape index (κ2) is 4.44. The number of aliphatic hydroxyl groups excluding tert-OH is 1. The van der Waals surface area contributed by atoms with E-state index in [1.165, 1.54) is 19.3 Å². The van der Waals surface area contributed by atoms with Gasteiger partial charge in [0.2, 0.25) is 0 Å². The number of allylic oxidation sites excluding steroid dienone is 1.